The fraction of sp³-hybridized carbons (Fsp3) is 0.306. The molecule has 12 heteroatoms. The fourth-order valence-electron chi connectivity index (χ4n) is 5.94. The molecule has 2 N–H and O–H groups in total. The zero-order chi connectivity index (χ0) is 33.6. The lowest BCUT2D eigenvalue weighted by Crippen LogP contribution is -2.50. The summed E-state index contributed by atoms with van der Waals surface area (Å²) in [5.74, 6) is 2.14. The molecule has 0 radical (unpaired) electrons. The minimum atomic E-state index is -0.350. The van der Waals surface area contributed by atoms with Crippen molar-refractivity contribution in [1.29, 1.82) is 0 Å². The Kier molecular flexibility index (Phi) is 10.0. The normalized spacial score (nSPS) is 18.0. The van der Waals surface area contributed by atoms with Crippen LogP contribution in [0.3, 0.4) is 0 Å². The molecule has 1 aromatic heterocycles. The van der Waals surface area contributed by atoms with Crippen LogP contribution >= 0.6 is 0 Å². The maximum Gasteiger partial charge on any atom is 0.247 e. The van der Waals surface area contributed by atoms with Crippen molar-refractivity contribution in [2.24, 2.45) is 0 Å². The summed E-state index contributed by atoms with van der Waals surface area (Å²) in [6, 6.07) is 19.8. The van der Waals surface area contributed by atoms with Gasteiger partial charge in [0.05, 0.1) is 36.8 Å². The van der Waals surface area contributed by atoms with E-state index in [9.17, 15) is 9.18 Å². The van der Waals surface area contributed by atoms with Gasteiger partial charge in [0.15, 0.2) is 5.82 Å². The molecule has 3 heterocycles. The van der Waals surface area contributed by atoms with Crippen molar-refractivity contribution in [3.05, 3.63) is 97.1 Å². The molecule has 250 valence electrons. The number of carbonyl (C=O) groups is 1. The first kappa shape index (κ1) is 32.7. The first-order valence-electron chi connectivity index (χ1n) is 15.9. The van der Waals surface area contributed by atoms with Crippen LogP contribution in [0.25, 0.3) is 0 Å². The Morgan fingerprint density at radius 2 is 1.90 bits per heavy atom. The number of ether oxygens (including phenoxy) is 2. The van der Waals surface area contributed by atoms with E-state index in [4.69, 9.17) is 14.3 Å². The Hall–Kier alpha value is -5.20. The van der Waals surface area contributed by atoms with Crippen molar-refractivity contribution >= 4 is 34.6 Å². The second-order valence-electron chi connectivity index (χ2n) is 11.9. The molecule has 0 bridgehead atoms. The summed E-state index contributed by atoms with van der Waals surface area (Å²) >= 11 is 0. The molecule has 2 fully saturated rings. The Morgan fingerprint density at radius 1 is 1.08 bits per heavy atom. The first-order valence-corrected chi connectivity index (χ1v) is 15.9. The van der Waals surface area contributed by atoms with E-state index in [1.165, 1.54) is 24.5 Å². The van der Waals surface area contributed by atoms with Crippen LogP contribution < -0.4 is 30.1 Å². The standard InChI is InChI=1S/C36H40FN7O4/c1-5-36(45)41-30-19-31(33(46-4)20-32(30)43-14-13-42(3)24(2)22-43)40-34-21-35(39-23-38-34)44-27(12-15-47-44)16-25-8-6-10-28(17-25)48-29-11-7-9-26(37)18-29/h5-11,17-21,23-24,27H,1,12-16,22H2,2-4H3,(H,41,45)(H,38,39,40). The quantitative estimate of drug-likeness (QED) is 0.183. The molecule has 11 nitrogen and oxygen atoms in total. The van der Waals surface area contributed by atoms with Gasteiger partial charge in [0.2, 0.25) is 5.91 Å². The van der Waals surface area contributed by atoms with Gasteiger partial charge >= 0.3 is 0 Å². The zero-order valence-corrected chi connectivity index (χ0v) is 27.4. The van der Waals surface area contributed by atoms with E-state index in [0.29, 0.717) is 59.3 Å². The van der Waals surface area contributed by atoms with Crippen LogP contribution in [0.5, 0.6) is 17.2 Å². The lowest BCUT2D eigenvalue weighted by molar-refractivity contribution is -0.111. The largest absolute Gasteiger partial charge is 0.494 e. The molecule has 3 aromatic carbocycles. The zero-order valence-electron chi connectivity index (χ0n) is 27.4. The van der Waals surface area contributed by atoms with Gasteiger partial charge in [0.25, 0.3) is 0 Å². The highest BCUT2D eigenvalue weighted by atomic mass is 19.1. The molecule has 2 aliphatic heterocycles. The molecule has 2 saturated heterocycles. The molecule has 0 saturated carbocycles. The van der Waals surface area contributed by atoms with E-state index in [0.717, 1.165) is 37.3 Å². The van der Waals surface area contributed by atoms with Crippen LogP contribution in [0, 0.1) is 5.82 Å². The monoisotopic (exact) mass is 653 g/mol. The molecular formula is C36H40FN7O4. The lowest BCUT2D eigenvalue weighted by atomic mass is 10.0. The number of nitrogens with one attached hydrogen (secondary N) is 2. The van der Waals surface area contributed by atoms with E-state index < -0.39 is 0 Å². The molecule has 2 atom stereocenters. The number of halogens is 1. The summed E-state index contributed by atoms with van der Waals surface area (Å²) in [4.78, 5) is 32.0. The predicted octanol–water partition coefficient (Wildman–Crippen LogP) is 6.18. The molecule has 48 heavy (non-hydrogen) atoms. The van der Waals surface area contributed by atoms with Crippen LogP contribution in [0.15, 0.2) is 85.7 Å². The van der Waals surface area contributed by atoms with E-state index in [-0.39, 0.29) is 17.8 Å². The van der Waals surface area contributed by atoms with Crippen molar-refractivity contribution < 1.29 is 23.5 Å². The lowest BCUT2D eigenvalue weighted by Gasteiger charge is -2.39. The third-order valence-electron chi connectivity index (χ3n) is 8.62. The topological polar surface area (TPSA) is 104 Å². The van der Waals surface area contributed by atoms with Gasteiger partial charge in [-0.05, 0) is 68.8 Å². The van der Waals surface area contributed by atoms with Gasteiger partial charge < -0.3 is 29.9 Å². The van der Waals surface area contributed by atoms with Gasteiger partial charge in [-0.3, -0.25) is 9.63 Å². The average Bonchev–Trinajstić information content (AvgIpc) is 3.54. The van der Waals surface area contributed by atoms with E-state index >= 15 is 0 Å². The maximum absolute atomic E-state index is 13.7. The first-order chi connectivity index (χ1) is 23.3. The minimum Gasteiger partial charge on any atom is -0.494 e. The summed E-state index contributed by atoms with van der Waals surface area (Å²) in [5, 5.41) is 8.15. The van der Waals surface area contributed by atoms with Gasteiger partial charge in [-0.1, -0.05) is 24.8 Å². The van der Waals surface area contributed by atoms with Crippen LogP contribution in [0.4, 0.5) is 33.1 Å². The molecule has 2 aliphatic rings. The number of hydrogen-bond acceptors (Lipinski definition) is 10. The summed E-state index contributed by atoms with van der Waals surface area (Å²) in [6.45, 7) is 8.87. The molecule has 1 amide bonds. The van der Waals surface area contributed by atoms with Gasteiger partial charge in [-0.15, -0.1) is 0 Å². The highest BCUT2D eigenvalue weighted by molar-refractivity contribution is 6.02. The number of methoxy groups -OCH3 is 1. The average molecular weight is 654 g/mol. The number of aromatic nitrogens is 2. The Bertz CT molecular complexity index is 1770. The summed E-state index contributed by atoms with van der Waals surface area (Å²) in [6.07, 6.45) is 4.22. The molecule has 0 aliphatic carbocycles. The van der Waals surface area contributed by atoms with E-state index in [1.807, 2.05) is 47.5 Å². The molecule has 4 aromatic rings. The van der Waals surface area contributed by atoms with Crippen LogP contribution in [0.2, 0.25) is 0 Å². The molecule has 0 spiro atoms. The number of hydroxylamine groups is 1. The van der Waals surface area contributed by atoms with Gasteiger partial charge in [-0.2, -0.15) is 0 Å². The highest BCUT2D eigenvalue weighted by Gasteiger charge is 2.29. The van der Waals surface area contributed by atoms with Crippen LogP contribution in [-0.2, 0) is 16.1 Å². The highest BCUT2D eigenvalue weighted by Crippen LogP contribution is 2.39. The van der Waals surface area contributed by atoms with E-state index in [2.05, 4.69) is 51.0 Å². The summed E-state index contributed by atoms with van der Waals surface area (Å²) < 4.78 is 25.4. The fourth-order valence-corrected chi connectivity index (χ4v) is 5.94. The number of carbonyl (C=O) groups excluding carboxylic acids is 1. The molecular weight excluding hydrogens is 613 g/mol. The van der Waals surface area contributed by atoms with Crippen LogP contribution in [0.1, 0.15) is 18.9 Å². The van der Waals surface area contributed by atoms with Crippen molar-refractivity contribution in [3.8, 4) is 17.2 Å². The van der Waals surface area contributed by atoms with Gasteiger partial charge in [0.1, 0.15) is 35.2 Å². The summed E-state index contributed by atoms with van der Waals surface area (Å²) in [7, 11) is 3.73. The minimum absolute atomic E-state index is 0.0117. The van der Waals surface area contributed by atoms with Crippen LogP contribution in [-0.4, -0.2) is 73.3 Å². The smallest absolute Gasteiger partial charge is 0.247 e. The third kappa shape index (κ3) is 7.67. The third-order valence-corrected chi connectivity index (χ3v) is 8.62. The van der Waals surface area contributed by atoms with Crippen molar-refractivity contribution in [2.45, 2.75) is 31.8 Å². The SMILES string of the molecule is C=CC(=O)Nc1cc(Nc2cc(N3OCCC3Cc3cccc(Oc4cccc(F)c4)c3)ncn2)c(OC)cc1N1CCN(C)C(C)C1. The van der Waals surface area contributed by atoms with Gasteiger partial charge in [-0.25, -0.2) is 19.4 Å². The van der Waals surface area contributed by atoms with Crippen molar-refractivity contribution in [1.82, 2.24) is 14.9 Å². The number of piperazine rings is 1. The van der Waals surface area contributed by atoms with Crippen molar-refractivity contribution in [2.75, 3.05) is 61.0 Å². The van der Waals surface area contributed by atoms with Crippen molar-refractivity contribution in [3.63, 3.8) is 0 Å². The number of anilines is 5. The Morgan fingerprint density at radius 3 is 2.67 bits per heavy atom. The molecule has 2 unspecified atom stereocenters. The van der Waals surface area contributed by atoms with E-state index in [1.54, 1.807) is 19.2 Å². The maximum atomic E-state index is 13.7. The summed E-state index contributed by atoms with van der Waals surface area (Å²) in [5.41, 5.74) is 3.18. The number of hydrogen-bond donors (Lipinski definition) is 2. The van der Waals surface area contributed by atoms with Gasteiger partial charge in [0, 0.05) is 43.9 Å². The predicted molar refractivity (Wildman–Crippen MR) is 185 cm³/mol. The second-order valence-corrected chi connectivity index (χ2v) is 11.9. The Balaban J connectivity index is 1.21. The number of nitrogens with zero attached hydrogens (tertiary/aromatic N) is 5. The number of benzene rings is 3. The second kappa shape index (κ2) is 14.7. The number of rotatable bonds is 11. The Labute approximate surface area is 279 Å². The number of amides is 1. The molecule has 6 rings (SSSR count). The number of likely N-dealkylation sites (N-methyl/N-ethyl adjacent to an activating group) is 1.